The van der Waals surface area contributed by atoms with Crippen LogP contribution in [-0.2, 0) is 4.79 Å². The Bertz CT molecular complexity index is 337. The van der Waals surface area contributed by atoms with Gasteiger partial charge in [0.2, 0.25) is 5.91 Å². The van der Waals surface area contributed by atoms with Gasteiger partial charge in [-0.1, -0.05) is 6.92 Å². The highest BCUT2D eigenvalue weighted by atomic mass is 16.2. The van der Waals surface area contributed by atoms with Crippen LogP contribution in [-0.4, -0.2) is 59.5 Å². The fourth-order valence-corrected chi connectivity index (χ4v) is 1.79. The summed E-state index contributed by atoms with van der Waals surface area (Å²) in [7, 11) is 0. The second-order valence-electron chi connectivity index (χ2n) is 3.88. The van der Waals surface area contributed by atoms with E-state index in [2.05, 4.69) is 6.07 Å². The fourth-order valence-electron chi connectivity index (χ4n) is 1.79. The van der Waals surface area contributed by atoms with Crippen LogP contribution in [0.25, 0.3) is 0 Å². The molecule has 0 bridgehead atoms. The number of likely N-dealkylation sites (N-methyl/N-ethyl adjacent to an activating group) is 1. The van der Waals surface area contributed by atoms with Crippen LogP contribution in [0.15, 0.2) is 0 Å². The van der Waals surface area contributed by atoms with E-state index < -0.39 is 0 Å². The van der Waals surface area contributed by atoms with Crippen molar-refractivity contribution in [2.24, 2.45) is 0 Å². The standard InChI is InChI=1S/C11H18N4O2/c1-3-13(7-5-6-12)9-14-8-10(16)15(4-2)11(14)17/h3-5,7-9H2,1-2H3. The van der Waals surface area contributed by atoms with Crippen LogP contribution < -0.4 is 0 Å². The lowest BCUT2D eigenvalue weighted by molar-refractivity contribution is -0.125. The monoisotopic (exact) mass is 238 g/mol. The number of urea groups is 1. The van der Waals surface area contributed by atoms with Gasteiger partial charge < -0.3 is 4.90 Å². The van der Waals surface area contributed by atoms with Crippen molar-refractivity contribution < 1.29 is 9.59 Å². The van der Waals surface area contributed by atoms with Crippen LogP contribution >= 0.6 is 0 Å². The Hall–Kier alpha value is -1.61. The van der Waals surface area contributed by atoms with Gasteiger partial charge in [-0.2, -0.15) is 5.26 Å². The van der Waals surface area contributed by atoms with E-state index in [1.165, 1.54) is 9.80 Å². The van der Waals surface area contributed by atoms with Gasteiger partial charge in [-0.05, 0) is 13.5 Å². The van der Waals surface area contributed by atoms with E-state index in [1.54, 1.807) is 6.92 Å². The van der Waals surface area contributed by atoms with Crippen molar-refractivity contribution in [2.45, 2.75) is 20.3 Å². The second-order valence-corrected chi connectivity index (χ2v) is 3.88. The third-order valence-corrected chi connectivity index (χ3v) is 2.80. The zero-order valence-electron chi connectivity index (χ0n) is 10.3. The van der Waals surface area contributed by atoms with Gasteiger partial charge in [0, 0.05) is 19.5 Å². The molecule has 6 heteroatoms. The van der Waals surface area contributed by atoms with Gasteiger partial charge in [-0.15, -0.1) is 0 Å². The summed E-state index contributed by atoms with van der Waals surface area (Å²) in [5, 5.41) is 8.53. The summed E-state index contributed by atoms with van der Waals surface area (Å²) in [6, 6.07) is 1.85. The average molecular weight is 238 g/mol. The first-order valence-electron chi connectivity index (χ1n) is 5.82. The summed E-state index contributed by atoms with van der Waals surface area (Å²) >= 11 is 0. The molecule has 1 fully saturated rings. The molecule has 0 saturated carbocycles. The normalized spacial score (nSPS) is 15.9. The van der Waals surface area contributed by atoms with Gasteiger partial charge in [0.1, 0.15) is 6.54 Å². The maximum absolute atomic E-state index is 11.8. The molecule has 94 valence electrons. The van der Waals surface area contributed by atoms with E-state index in [-0.39, 0.29) is 18.5 Å². The Morgan fingerprint density at radius 2 is 2.12 bits per heavy atom. The first-order valence-corrected chi connectivity index (χ1v) is 5.82. The summed E-state index contributed by atoms with van der Waals surface area (Å²) in [5.41, 5.74) is 0. The molecular weight excluding hydrogens is 220 g/mol. The number of imide groups is 1. The molecule has 0 atom stereocenters. The molecule has 17 heavy (non-hydrogen) atoms. The minimum atomic E-state index is -0.229. The zero-order valence-corrected chi connectivity index (χ0v) is 10.3. The molecule has 3 amide bonds. The van der Waals surface area contributed by atoms with Gasteiger partial charge in [-0.3, -0.25) is 14.6 Å². The van der Waals surface area contributed by atoms with Crippen LogP contribution in [0.2, 0.25) is 0 Å². The van der Waals surface area contributed by atoms with Crippen LogP contribution in [0, 0.1) is 11.3 Å². The van der Waals surface area contributed by atoms with Crippen molar-refractivity contribution in [3.63, 3.8) is 0 Å². The summed E-state index contributed by atoms with van der Waals surface area (Å²) in [6.07, 6.45) is 0.432. The Morgan fingerprint density at radius 1 is 1.41 bits per heavy atom. The average Bonchev–Trinajstić information content (AvgIpc) is 2.59. The molecule has 0 unspecified atom stereocenters. The van der Waals surface area contributed by atoms with Crippen LogP contribution in [0.4, 0.5) is 4.79 Å². The number of carbonyl (C=O) groups is 2. The molecule has 1 saturated heterocycles. The number of hydrogen-bond acceptors (Lipinski definition) is 4. The van der Waals surface area contributed by atoms with Gasteiger partial charge in [0.15, 0.2) is 0 Å². The molecule has 1 aliphatic rings. The molecule has 1 rings (SSSR count). The minimum absolute atomic E-state index is 0.145. The van der Waals surface area contributed by atoms with Gasteiger partial charge in [0.25, 0.3) is 0 Å². The Kier molecular flexibility index (Phi) is 4.91. The number of nitriles is 1. The Morgan fingerprint density at radius 3 is 2.59 bits per heavy atom. The van der Waals surface area contributed by atoms with Crippen LogP contribution in [0.1, 0.15) is 20.3 Å². The largest absolute Gasteiger partial charge is 0.328 e. The molecule has 0 spiro atoms. The van der Waals surface area contributed by atoms with Crippen molar-refractivity contribution in [1.82, 2.24) is 14.7 Å². The van der Waals surface area contributed by atoms with E-state index in [0.29, 0.717) is 26.2 Å². The van der Waals surface area contributed by atoms with E-state index in [1.807, 2.05) is 11.8 Å². The van der Waals surface area contributed by atoms with E-state index in [9.17, 15) is 9.59 Å². The highest BCUT2D eigenvalue weighted by molar-refractivity contribution is 6.01. The predicted molar refractivity (Wildman–Crippen MR) is 61.8 cm³/mol. The van der Waals surface area contributed by atoms with Crippen molar-refractivity contribution in [3.05, 3.63) is 0 Å². The maximum atomic E-state index is 11.8. The summed E-state index contributed by atoms with van der Waals surface area (Å²) in [4.78, 5) is 28.1. The predicted octanol–water partition coefficient (Wildman–Crippen LogP) is 0.464. The van der Waals surface area contributed by atoms with Gasteiger partial charge in [-0.25, -0.2) is 4.79 Å². The molecule has 1 heterocycles. The Balaban J connectivity index is 2.54. The Labute approximate surface area is 101 Å². The smallest absolute Gasteiger partial charge is 0.302 e. The van der Waals surface area contributed by atoms with E-state index in [4.69, 9.17) is 5.26 Å². The van der Waals surface area contributed by atoms with Crippen LogP contribution in [0.3, 0.4) is 0 Å². The summed E-state index contributed by atoms with van der Waals surface area (Å²) < 4.78 is 0. The lowest BCUT2D eigenvalue weighted by Crippen LogP contribution is -2.41. The topological polar surface area (TPSA) is 67.7 Å². The molecule has 0 aliphatic carbocycles. The lowest BCUT2D eigenvalue weighted by atomic mass is 10.4. The molecular formula is C11H18N4O2. The SMILES string of the molecule is CCN(CCC#N)CN1CC(=O)N(CC)C1=O. The van der Waals surface area contributed by atoms with Crippen molar-refractivity contribution >= 4 is 11.9 Å². The van der Waals surface area contributed by atoms with Crippen molar-refractivity contribution in [2.75, 3.05) is 32.8 Å². The molecule has 0 N–H and O–H groups in total. The minimum Gasteiger partial charge on any atom is -0.302 e. The third-order valence-electron chi connectivity index (χ3n) is 2.80. The number of hydrogen-bond donors (Lipinski definition) is 0. The summed E-state index contributed by atoms with van der Waals surface area (Å²) in [5.74, 6) is -0.145. The second kappa shape index (κ2) is 6.21. The molecule has 0 radical (unpaired) electrons. The van der Waals surface area contributed by atoms with Crippen LogP contribution in [0.5, 0.6) is 0 Å². The zero-order chi connectivity index (χ0) is 12.8. The maximum Gasteiger partial charge on any atom is 0.328 e. The van der Waals surface area contributed by atoms with Gasteiger partial charge >= 0.3 is 6.03 Å². The number of carbonyl (C=O) groups excluding carboxylic acids is 2. The van der Waals surface area contributed by atoms with Crippen molar-refractivity contribution in [1.29, 1.82) is 5.26 Å². The molecule has 0 aromatic heterocycles. The van der Waals surface area contributed by atoms with E-state index in [0.717, 1.165) is 6.54 Å². The fraction of sp³-hybridized carbons (Fsp3) is 0.727. The number of nitrogens with zero attached hydrogens (tertiary/aromatic N) is 4. The quantitative estimate of drug-likeness (QED) is 0.631. The first-order chi connectivity index (χ1) is 8.13. The highest BCUT2D eigenvalue weighted by Crippen LogP contribution is 2.10. The first kappa shape index (κ1) is 13.5. The molecule has 0 aromatic rings. The molecule has 6 nitrogen and oxygen atoms in total. The molecule has 1 aliphatic heterocycles. The lowest BCUT2D eigenvalue weighted by Gasteiger charge is -2.25. The van der Waals surface area contributed by atoms with Crippen molar-refractivity contribution in [3.8, 4) is 6.07 Å². The van der Waals surface area contributed by atoms with Gasteiger partial charge in [0.05, 0.1) is 12.7 Å². The molecule has 0 aromatic carbocycles. The number of amides is 3. The number of rotatable bonds is 6. The highest BCUT2D eigenvalue weighted by Gasteiger charge is 2.35. The van der Waals surface area contributed by atoms with E-state index >= 15 is 0 Å². The third kappa shape index (κ3) is 3.17. The summed E-state index contributed by atoms with van der Waals surface area (Å²) in [6.45, 7) is 6.11.